The summed E-state index contributed by atoms with van der Waals surface area (Å²) in [6.07, 6.45) is 2.13. The van der Waals surface area contributed by atoms with Gasteiger partial charge in [0.15, 0.2) is 0 Å². The van der Waals surface area contributed by atoms with E-state index in [-0.39, 0.29) is 0 Å². The first-order chi connectivity index (χ1) is 10.5. The molecule has 1 aromatic carbocycles. The maximum absolute atomic E-state index is 10.9. The van der Waals surface area contributed by atoms with Crippen LogP contribution in [0.4, 0.5) is 4.79 Å². The fourth-order valence-electron chi connectivity index (χ4n) is 2.73. The van der Waals surface area contributed by atoms with Crippen molar-refractivity contribution in [3.63, 3.8) is 0 Å². The third kappa shape index (κ3) is 5.22. The van der Waals surface area contributed by atoms with Crippen molar-refractivity contribution in [1.29, 1.82) is 0 Å². The molecule has 5 nitrogen and oxygen atoms in total. The third-order valence-electron chi connectivity index (χ3n) is 4.14. The number of carbonyl (C=O) groups is 1. The van der Waals surface area contributed by atoms with Gasteiger partial charge in [-0.3, -0.25) is 0 Å². The lowest BCUT2D eigenvalue weighted by Crippen LogP contribution is -2.37. The van der Waals surface area contributed by atoms with Crippen LogP contribution in [0.15, 0.2) is 24.3 Å². The van der Waals surface area contributed by atoms with E-state index in [1.165, 1.54) is 10.5 Å². The van der Waals surface area contributed by atoms with Crippen LogP contribution in [0.3, 0.4) is 0 Å². The smallest absolute Gasteiger partial charge is 0.407 e. The zero-order chi connectivity index (χ0) is 15.9. The highest BCUT2D eigenvalue weighted by molar-refractivity contribution is 5.64. The molecule has 0 aromatic heterocycles. The first-order valence-corrected chi connectivity index (χ1v) is 7.89. The predicted molar refractivity (Wildman–Crippen MR) is 86.5 cm³/mol. The molecular formula is C17H26N2O3. The zero-order valence-corrected chi connectivity index (χ0v) is 13.5. The van der Waals surface area contributed by atoms with Crippen LogP contribution >= 0.6 is 0 Å². The first kappa shape index (κ1) is 16.6. The van der Waals surface area contributed by atoms with E-state index in [1.807, 2.05) is 26.2 Å². The second kappa shape index (κ2) is 8.03. The van der Waals surface area contributed by atoms with Gasteiger partial charge < -0.3 is 19.6 Å². The first-order valence-electron chi connectivity index (χ1n) is 7.89. The number of nitrogens with zero attached hydrogens (tertiary/aromatic N) is 2. The lowest BCUT2D eigenvalue weighted by molar-refractivity contribution is 0.124. The fourth-order valence-corrected chi connectivity index (χ4v) is 2.73. The molecule has 0 saturated carbocycles. The van der Waals surface area contributed by atoms with Crippen molar-refractivity contribution in [2.24, 2.45) is 5.92 Å². The lowest BCUT2D eigenvalue weighted by atomic mass is 9.90. The van der Waals surface area contributed by atoms with Crippen LogP contribution in [0.2, 0.25) is 0 Å². The van der Waals surface area contributed by atoms with Gasteiger partial charge in [-0.2, -0.15) is 0 Å². The van der Waals surface area contributed by atoms with Gasteiger partial charge in [0, 0.05) is 19.6 Å². The van der Waals surface area contributed by atoms with E-state index in [9.17, 15) is 4.79 Å². The molecule has 0 aliphatic carbocycles. The molecule has 1 aromatic rings. The van der Waals surface area contributed by atoms with Crippen molar-refractivity contribution in [2.75, 3.05) is 40.3 Å². The molecule has 1 aliphatic rings. The average molecular weight is 306 g/mol. The van der Waals surface area contributed by atoms with Gasteiger partial charge in [-0.25, -0.2) is 4.79 Å². The Kier molecular flexibility index (Phi) is 6.07. The standard InChI is InChI=1S/C17H26N2O3/c1-18(2)11-12-22-16-5-3-14(4-6-16)13-15-7-9-19(10-8-15)17(20)21/h3-6,15H,7-13H2,1-2H3,(H,20,21). The maximum atomic E-state index is 10.9. The van der Waals surface area contributed by atoms with Crippen LogP contribution < -0.4 is 4.74 Å². The van der Waals surface area contributed by atoms with Crippen molar-refractivity contribution in [3.8, 4) is 5.75 Å². The van der Waals surface area contributed by atoms with Gasteiger partial charge in [0.2, 0.25) is 0 Å². The van der Waals surface area contributed by atoms with Crippen molar-refractivity contribution in [1.82, 2.24) is 9.80 Å². The van der Waals surface area contributed by atoms with Gasteiger partial charge >= 0.3 is 6.09 Å². The number of amides is 1. The largest absolute Gasteiger partial charge is 0.492 e. The van der Waals surface area contributed by atoms with Crippen molar-refractivity contribution < 1.29 is 14.6 Å². The van der Waals surface area contributed by atoms with Crippen molar-refractivity contribution >= 4 is 6.09 Å². The molecule has 5 heteroatoms. The Labute approximate surface area is 132 Å². The molecule has 122 valence electrons. The fraction of sp³-hybridized carbons (Fsp3) is 0.588. The van der Waals surface area contributed by atoms with E-state index in [4.69, 9.17) is 9.84 Å². The molecular weight excluding hydrogens is 280 g/mol. The van der Waals surface area contributed by atoms with Gasteiger partial charge in [0.25, 0.3) is 0 Å². The lowest BCUT2D eigenvalue weighted by Gasteiger charge is -2.30. The Morgan fingerprint density at radius 3 is 2.45 bits per heavy atom. The van der Waals surface area contributed by atoms with Gasteiger partial charge in [0.1, 0.15) is 12.4 Å². The van der Waals surface area contributed by atoms with E-state index in [2.05, 4.69) is 17.0 Å². The monoisotopic (exact) mass is 306 g/mol. The Morgan fingerprint density at radius 1 is 1.27 bits per heavy atom. The summed E-state index contributed by atoms with van der Waals surface area (Å²) in [6.45, 7) is 2.92. The molecule has 22 heavy (non-hydrogen) atoms. The van der Waals surface area contributed by atoms with Crippen molar-refractivity contribution in [2.45, 2.75) is 19.3 Å². The summed E-state index contributed by atoms with van der Waals surface area (Å²) in [5, 5.41) is 8.96. The molecule has 0 unspecified atom stereocenters. The molecule has 1 saturated heterocycles. The van der Waals surface area contributed by atoms with Crippen LogP contribution in [0.5, 0.6) is 5.75 Å². The zero-order valence-electron chi connectivity index (χ0n) is 13.5. The van der Waals surface area contributed by atoms with Crippen LogP contribution in [-0.2, 0) is 6.42 Å². The van der Waals surface area contributed by atoms with Gasteiger partial charge in [-0.1, -0.05) is 12.1 Å². The number of likely N-dealkylation sites (N-methyl/N-ethyl adjacent to an activating group) is 1. The van der Waals surface area contributed by atoms with E-state index in [1.54, 1.807) is 0 Å². The molecule has 1 fully saturated rings. The Bertz CT molecular complexity index is 465. The minimum Gasteiger partial charge on any atom is -0.492 e. The van der Waals surface area contributed by atoms with Gasteiger partial charge in [-0.05, 0) is 57.0 Å². The summed E-state index contributed by atoms with van der Waals surface area (Å²) in [5.41, 5.74) is 1.30. The normalized spacial score (nSPS) is 16.0. The molecule has 0 radical (unpaired) electrons. The third-order valence-corrected chi connectivity index (χ3v) is 4.14. The minimum atomic E-state index is -0.794. The number of rotatable bonds is 6. The van der Waals surface area contributed by atoms with Crippen molar-refractivity contribution in [3.05, 3.63) is 29.8 Å². The molecule has 1 heterocycles. The highest BCUT2D eigenvalue weighted by Crippen LogP contribution is 2.23. The number of benzene rings is 1. The highest BCUT2D eigenvalue weighted by atomic mass is 16.5. The maximum Gasteiger partial charge on any atom is 0.407 e. The average Bonchev–Trinajstić information content (AvgIpc) is 2.49. The van der Waals surface area contributed by atoms with Crippen LogP contribution in [-0.4, -0.2) is 61.3 Å². The summed E-state index contributed by atoms with van der Waals surface area (Å²) in [4.78, 5) is 14.5. The topological polar surface area (TPSA) is 53.0 Å². The summed E-state index contributed by atoms with van der Waals surface area (Å²) in [7, 11) is 4.06. The van der Waals surface area contributed by atoms with E-state index in [0.29, 0.717) is 25.6 Å². The highest BCUT2D eigenvalue weighted by Gasteiger charge is 2.22. The van der Waals surface area contributed by atoms with Gasteiger partial charge in [0.05, 0.1) is 0 Å². The number of piperidine rings is 1. The van der Waals surface area contributed by atoms with Crippen LogP contribution in [0.25, 0.3) is 0 Å². The van der Waals surface area contributed by atoms with Crippen LogP contribution in [0.1, 0.15) is 18.4 Å². The van der Waals surface area contributed by atoms with Gasteiger partial charge in [-0.15, -0.1) is 0 Å². The van der Waals surface area contributed by atoms with E-state index < -0.39 is 6.09 Å². The summed E-state index contributed by atoms with van der Waals surface area (Å²) in [6, 6.07) is 8.29. The summed E-state index contributed by atoms with van der Waals surface area (Å²) in [5.74, 6) is 1.49. The predicted octanol–water partition coefficient (Wildman–Crippen LogP) is 2.56. The molecule has 1 aliphatic heterocycles. The Morgan fingerprint density at radius 2 is 1.91 bits per heavy atom. The number of ether oxygens (including phenoxy) is 1. The minimum absolute atomic E-state index is 0.580. The molecule has 0 spiro atoms. The number of likely N-dealkylation sites (tertiary alicyclic amines) is 1. The molecule has 1 N–H and O–H groups in total. The molecule has 0 atom stereocenters. The number of carboxylic acid groups (broad SMARTS) is 1. The second-order valence-electron chi connectivity index (χ2n) is 6.21. The summed E-state index contributed by atoms with van der Waals surface area (Å²) < 4.78 is 5.69. The molecule has 0 bridgehead atoms. The quantitative estimate of drug-likeness (QED) is 0.877. The SMILES string of the molecule is CN(C)CCOc1ccc(CC2CCN(C(=O)O)CC2)cc1. The van der Waals surface area contributed by atoms with Crippen LogP contribution in [0, 0.1) is 5.92 Å². The van der Waals surface area contributed by atoms with E-state index >= 15 is 0 Å². The number of hydrogen-bond donors (Lipinski definition) is 1. The molecule has 2 rings (SSSR count). The number of hydrogen-bond acceptors (Lipinski definition) is 3. The Hall–Kier alpha value is -1.75. The second-order valence-corrected chi connectivity index (χ2v) is 6.21. The van der Waals surface area contributed by atoms with E-state index in [0.717, 1.165) is 31.6 Å². The Balaban J connectivity index is 1.76. The summed E-state index contributed by atoms with van der Waals surface area (Å²) >= 11 is 0. The molecule has 1 amide bonds.